The van der Waals surface area contributed by atoms with Gasteiger partial charge in [-0.25, -0.2) is 5.14 Å². The lowest BCUT2D eigenvalue weighted by Gasteiger charge is -2.11. The molecule has 4 N–H and O–H groups in total. The first-order valence-corrected chi connectivity index (χ1v) is 8.00. The maximum Gasteiger partial charge on any atom is 0.318 e. The van der Waals surface area contributed by atoms with E-state index in [1.54, 1.807) is 0 Å². The van der Waals surface area contributed by atoms with Crippen molar-refractivity contribution >= 4 is 16.0 Å². The standard InChI is InChI=1S/C13H22N4O3S/c1-17(2)10-11-5-3-6-12(9-11)20-8-4-7-13(14)16-21(15,18)19/h3,5-6,9H,4,7-8,10H2,1-2H3,(H2,14,16)(H2,15,18,19). The topological polar surface area (TPSA) is 111 Å². The Morgan fingerprint density at radius 3 is 2.71 bits per heavy atom. The highest BCUT2D eigenvalue weighted by molar-refractivity contribution is 7.88. The number of benzene rings is 1. The van der Waals surface area contributed by atoms with E-state index in [0.717, 1.165) is 17.9 Å². The summed E-state index contributed by atoms with van der Waals surface area (Å²) in [5, 5.41) is 4.76. The maximum absolute atomic E-state index is 10.7. The number of hydrogen-bond donors (Lipinski definition) is 2. The molecule has 0 amide bonds. The molecular weight excluding hydrogens is 292 g/mol. The van der Waals surface area contributed by atoms with E-state index in [1.807, 2.05) is 38.4 Å². The summed E-state index contributed by atoms with van der Waals surface area (Å²) in [5.74, 6) is 0.763. The largest absolute Gasteiger partial charge is 0.494 e. The van der Waals surface area contributed by atoms with Crippen LogP contribution in [0, 0.1) is 0 Å². The molecule has 0 aliphatic heterocycles. The van der Waals surface area contributed by atoms with Crippen molar-refractivity contribution in [3.63, 3.8) is 0 Å². The Hall–Kier alpha value is -1.64. The van der Waals surface area contributed by atoms with E-state index in [-0.39, 0.29) is 5.84 Å². The quantitative estimate of drug-likeness (QED) is 0.411. The molecule has 0 aliphatic rings. The lowest BCUT2D eigenvalue weighted by Crippen LogP contribution is -2.19. The Bertz CT molecular complexity index is 585. The average molecular weight is 314 g/mol. The van der Waals surface area contributed by atoms with Crippen molar-refractivity contribution in [3.05, 3.63) is 29.8 Å². The Labute approximate surface area is 125 Å². The molecule has 0 saturated carbocycles. The minimum atomic E-state index is -3.91. The fourth-order valence-electron chi connectivity index (χ4n) is 1.75. The molecular formula is C13H22N4O3S. The van der Waals surface area contributed by atoms with Gasteiger partial charge in [-0.1, -0.05) is 12.1 Å². The number of amidine groups is 1. The van der Waals surface area contributed by atoms with Gasteiger partial charge in [-0.2, -0.15) is 8.42 Å². The van der Waals surface area contributed by atoms with Gasteiger partial charge in [-0.05, 0) is 38.2 Å². The third-order valence-corrected chi connectivity index (χ3v) is 2.98. The zero-order chi connectivity index (χ0) is 15.9. The van der Waals surface area contributed by atoms with Crippen LogP contribution in [-0.2, 0) is 16.8 Å². The van der Waals surface area contributed by atoms with Crippen molar-refractivity contribution in [3.8, 4) is 5.75 Å². The van der Waals surface area contributed by atoms with E-state index >= 15 is 0 Å². The van der Waals surface area contributed by atoms with Crippen LogP contribution in [0.5, 0.6) is 5.75 Å². The van der Waals surface area contributed by atoms with Crippen molar-refractivity contribution in [2.24, 2.45) is 15.3 Å². The highest BCUT2D eigenvalue weighted by Crippen LogP contribution is 2.14. The summed E-state index contributed by atoms with van der Waals surface area (Å²) in [5.41, 5.74) is 6.61. The first kappa shape index (κ1) is 17.4. The molecule has 0 heterocycles. The Kier molecular flexibility index (Phi) is 6.60. The minimum Gasteiger partial charge on any atom is -0.494 e. The van der Waals surface area contributed by atoms with Crippen molar-refractivity contribution in [2.75, 3.05) is 20.7 Å². The summed E-state index contributed by atoms with van der Waals surface area (Å²) in [6, 6.07) is 7.82. The fourth-order valence-corrected chi connectivity index (χ4v) is 2.17. The van der Waals surface area contributed by atoms with Gasteiger partial charge in [0.25, 0.3) is 0 Å². The summed E-state index contributed by atoms with van der Waals surface area (Å²) >= 11 is 0. The van der Waals surface area contributed by atoms with E-state index < -0.39 is 10.2 Å². The van der Waals surface area contributed by atoms with Crippen molar-refractivity contribution in [1.29, 1.82) is 0 Å². The van der Waals surface area contributed by atoms with Gasteiger partial charge in [-0.3, -0.25) is 0 Å². The number of nitrogens with two attached hydrogens (primary N) is 2. The second-order valence-electron chi connectivity index (χ2n) is 4.93. The zero-order valence-electron chi connectivity index (χ0n) is 12.3. The smallest absolute Gasteiger partial charge is 0.318 e. The normalized spacial score (nSPS) is 12.7. The second-order valence-corrected chi connectivity index (χ2v) is 6.15. The molecule has 0 bridgehead atoms. The number of ether oxygens (including phenoxy) is 1. The van der Waals surface area contributed by atoms with Crippen LogP contribution in [0.25, 0.3) is 0 Å². The molecule has 1 aromatic rings. The molecule has 1 aromatic carbocycles. The molecule has 1 rings (SSSR count). The van der Waals surface area contributed by atoms with Gasteiger partial charge < -0.3 is 15.4 Å². The Balaban J connectivity index is 2.41. The summed E-state index contributed by atoms with van der Waals surface area (Å²) in [4.78, 5) is 2.07. The van der Waals surface area contributed by atoms with Crippen LogP contribution < -0.4 is 15.6 Å². The van der Waals surface area contributed by atoms with E-state index in [4.69, 9.17) is 15.6 Å². The van der Waals surface area contributed by atoms with E-state index in [0.29, 0.717) is 19.4 Å². The second kappa shape index (κ2) is 7.96. The number of rotatable bonds is 8. The van der Waals surface area contributed by atoms with Crippen LogP contribution in [0.15, 0.2) is 28.7 Å². The minimum absolute atomic E-state index is 0.0116. The molecule has 0 spiro atoms. The molecule has 0 unspecified atom stereocenters. The van der Waals surface area contributed by atoms with Crippen molar-refractivity contribution in [2.45, 2.75) is 19.4 Å². The highest BCUT2D eigenvalue weighted by atomic mass is 32.2. The van der Waals surface area contributed by atoms with Crippen LogP contribution in [0.3, 0.4) is 0 Å². The molecule has 0 fully saturated rings. The molecule has 118 valence electrons. The fraction of sp³-hybridized carbons (Fsp3) is 0.462. The van der Waals surface area contributed by atoms with Gasteiger partial charge in [0.1, 0.15) is 11.6 Å². The first-order valence-electron chi connectivity index (χ1n) is 6.50. The number of nitrogens with zero attached hydrogens (tertiary/aromatic N) is 2. The van der Waals surface area contributed by atoms with Gasteiger partial charge in [0.15, 0.2) is 0 Å². The van der Waals surface area contributed by atoms with Gasteiger partial charge in [0.2, 0.25) is 0 Å². The predicted octanol–water partition coefficient (Wildman–Crippen LogP) is 0.468. The molecule has 0 saturated heterocycles. The molecule has 0 aromatic heterocycles. The lowest BCUT2D eigenvalue weighted by atomic mass is 10.2. The molecule has 0 aliphatic carbocycles. The Morgan fingerprint density at radius 1 is 1.38 bits per heavy atom. The summed E-state index contributed by atoms with van der Waals surface area (Å²) in [7, 11) is 0.0899. The van der Waals surface area contributed by atoms with Crippen LogP contribution in [0.4, 0.5) is 0 Å². The lowest BCUT2D eigenvalue weighted by molar-refractivity contribution is 0.312. The van der Waals surface area contributed by atoms with E-state index in [1.165, 1.54) is 0 Å². The number of hydrogen-bond acceptors (Lipinski definition) is 4. The van der Waals surface area contributed by atoms with Gasteiger partial charge in [0.05, 0.1) is 6.61 Å². The summed E-state index contributed by atoms with van der Waals surface area (Å²) in [6.07, 6.45) is 0.872. The monoisotopic (exact) mass is 314 g/mol. The molecule has 8 heteroatoms. The van der Waals surface area contributed by atoms with Crippen LogP contribution >= 0.6 is 0 Å². The van der Waals surface area contributed by atoms with Gasteiger partial charge in [-0.15, -0.1) is 4.40 Å². The third-order valence-electron chi connectivity index (χ3n) is 2.49. The van der Waals surface area contributed by atoms with E-state index in [2.05, 4.69) is 9.30 Å². The summed E-state index contributed by atoms with van der Waals surface area (Å²) < 4.78 is 30.2. The van der Waals surface area contributed by atoms with Crippen molar-refractivity contribution in [1.82, 2.24) is 4.90 Å². The maximum atomic E-state index is 10.7. The van der Waals surface area contributed by atoms with Crippen LogP contribution in [0.1, 0.15) is 18.4 Å². The first-order chi connectivity index (χ1) is 9.76. The van der Waals surface area contributed by atoms with Crippen LogP contribution in [0.2, 0.25) is 0 Å². The summed E-state index contributed by atoms with van der Waals surface area (Å²) in [6.45, 7) is 1.26. The van der Waals surface area contributed by atoms with Crippen LogP contribution in [-0.4, -0.2) is 39.9 Å². The molecule has 0 atom stereocenters. The predicted molar refractivity (Wildman–Crippen MR) is 83.3 cm³/mol. The highest BCUT2D eigenvalue weighted by Gasteiger charge is 2.02. The Morgan fingerprint density at radius 2 is 2.10 bits per heavy atom. The molecule has 7 nitrogen and oxygen atoms in total. The SMILES string of the molecule is CN(C)Cc1cccc(OCCCC(N)=NS(N)(=O)=O)c1. The zero-order valence-corrected chi connectivity index (χ0v) is 13.1. The molecule has 21 heavy (non-hydrogen) atoms. The van der Waals surface area contributed by atoms with Gasteiger partial charge in [0, 0.05) is 13.0 Å². The van der Waals surface area contributed by atoms with E-state index in [9.17, 15) is 8.42 Å². The third kappa shape index (κ3) is 8.28. The molecule has 0 radical (unpaired) electrons. The van der Waals surface area contributed by atoms with Crippen molar-refractivity contribution < 1.29 is 13.2 Å². The van der Waals surface area contributed by atoms with Gasteiger partial charge >= 0.3 is 10.2 Å². The average Bonchev–Trinajstić information content (AvgIpc) is 2.32.